The molecule has 2 aromatic carbocycles. The predicted molar refractivity (Wildman–Crippen MR) is 123 cm³/mol. The second-order valence-corrected chi connectivity index (χ2v) is 8.92. The molecule has 1 N–H and O–H groups in total. The normalized spacial score (nSPS) is 11.1. The van der Waals surface area contributed by atoms with Crippen molar-refractivity contribution in [3.63, 3.8) is 0 Å². The Balaban J connectivity index is 1.81. The summed E-state index contributed by atoms with van der Waals surface area (Å²) in [7, 11) is 0. The molecule has 1 heterocycles. The summed E-state index contributed by atoms with van der Waals surface area (Å²) in [6.07, 6.45) is 1.67. The molecular weight excluding hydrogens is 392 g/mol. The maximum atomic E-state index is 12.2. The van der Waals surface area contributed by atoms with Gasteiger partial charge in [-0.25, -0.2) is 0 Å². The van der Waals surface area contributed by atoms with Crippen LogP contribution < -0.4 is 5.32 Å². The number of aryl methyl sites for hydroxylation is 4. The molecule has 0 bridgehead atoms. The van der Waals surface area contributed by atoms with Gasteiger partial charge in [0.2, 0.25) is 5.91 Å². The van der Waals surface area contributed by atoms with Crippen LogP contribution in [0.5, 0.6) is 0 Å². The Kier molecular flexibility index (Phi) is 7.69. The Morgan fingerprint density at radius 3 is 2.50 bits per heavy atom. The Morgan fingerprint density at radius 2 is 1.80 bits per heavy atom. The van der Waals surface area contributed by atoms with Gasteiger partial charge in [0.05, 0.1) is 5.75 Å². The van der Waals surface area contributed by atoms with Gasteiger partial charge in [0.15, 0.2) is 5.16 Å². The highest BCUT2D eigenvalue weighted by molar-refractivity contribution is 7.99. The van der Waals surface area contributed by atoms with Gasteiger partial charge in [-0.05, 0) is 55.0 Å². The third-order valence-electron chi connectivity index (χ3n) is 4.97. The number of rotatable bonds is 9. The summed E-state index contributed by atoms with van der Waals surface area (Å²) in [6, 6.07) is 16.8. The van der Waals surface area contributed by atoms with Gasteiger partial charge in [-0.15, -0.1) is 10.2 Å². The van der Waals surface area contributed by atoms with E-state index in [9.17, 15) is 4.79 Å². The van der Waals surface area contributed by atoms with Crippen molar-refractivity contribution in [2.75, 3.05) is 12.3 Å². The van der Waals surface area contributed by atoms with E-state index in [0.29, 0.717) is 18.2 Å². The van der Waals surface area contributed by atoms with Crippen molar-refractivity contribution in [1.82, 2.24) is 20.1 Å². The van der Waals surface area contributed by atoms with Crippen LogP contribution in [-0.4, -0.2) is 33.0 Å². The molecule has 158 valence electrons. The Labute approximate surface area is 183 Å². The molecule has 0 radical (unpaired) electrons. The topological polar surface area (TPSA) is 59.8 Å². The van der Waals surface area contributed by atoms with E-state index in [2.05, 4.69) is 90.2 Å². The minimum absolute atomic E-state index is 0.0224. The van der Waals surface area contributed by atoms with Crippen molar-refractivity contribution < 1.29 is 4.79 Å². The summed E-state index contributed by atoms with van der Waals surface area (Å²) in [5.41, 5.74) is 4.78. The highest BCUT2D eigenvalue weighted by Crippen LogP contribution is 2.24. The maximum Gasteiger partial charge on any atom is 0.230 e. The zero-order valence-electron chi connectivity index (χ0n) is 18.2. The van der Waals surface area contributed by atoms with Crippen LogP contribution in [0.1, 0.15) is 36.4 Å². The molecule has 3 rings (SSSR count). The summed E-state index contributed by atoms with van der Waals surface area (Å²) >= 11 is 1.43. The number of benzene rings is 2. The van der Waals surface area contributed by atoms with Crippen molar-refractivity contribution in [1.29, 1.82) is 0 Å². The number of hydrogen-bond acceptors (Lipinski definition) is 4. The fraction of sp³-hybridized carbons (Fsp3) is 0.375. The van der Waals surface area contributed by atoms with E-state index >= 15 is 0 Å². The van der Waals surface area contributed by atoms with Gasteiger partial charge in [0, 0.05) is 18.7 Å². The van der Waals surface area contributed by atoms with Crippen LogP contribution in [0, 0.1) is 19.8 Å². The van der Waals surface area contributed by atoms with E-state index in [0.717, 1.165) is 29.5 Å². The zero-order valence-corrected chi connectivity index (χ0v) is 19.0. The quantitative estimate of drug-likeness (QED) is 0.515. The van der Waals surface area contributed by atoms with Crippen LogP contribution in [-0.2, 0) is 17.6 Å². The fourth-order valence-corrected chi connectivity index (χ4v) is 3.88. The lowest BCUT2D eigenvalue weighted by atomic mass is 10.1. The lowest BCUT2D eigenvalue weighted by molar-refractivity contribution is -0.118. The largest absolute Gasteiger partial charge is 0.355 e. The molecular formula is C24H30N4OS. The fourth-order valence-electron chi connectivity index (χ4n) is 3.08. The van der Waals surface area contributed by atoms with Gasteiger partial charge in [-0.1, -0.05) is 62.0 Å². The second-order valence-electron chi connectivity index (χ2n) is 7.97. The van der Waals surface area contributed by atoms with Crippen molar-refractivity contribution in [3.05, 3.63) is 71.0 Å². The molecule has 0 unspecified atom stereocenters. The lowest BCUT2D eigenvalue weighted by Gasteiger charge is -2.12. The summed E-state index contributed by atoms with van der Waals surface area (Å²) in [5, 5.41) is 12.6. The zero-order chi connectivity index (χ0) is 21.5. The Hall–Kier alpha value is -2.60. The first kappa shape index (κ1) is 22.1. The maximum absolute atomic E-state index is 12.2. The van der Waals surface area contributed by atoms with Gasteiger partial charge >= 0.3 is 0 Å². The average Bonchev–Trinajstić information content (AvgIpc) is 3.14. The minimum Gasteiger partial charge on any atom is -0.355 e. The van der Waals surface area contributed by atoms with E-state index < -0.39 is 0 Å². The molecule has 30 heavy (non-hydrogen) atoms. The summed E-state index contributed by atoms with van der Waals surface area (Å²) < 4.78 is 2.09. The number of nitrogens with one attached hydrogen (secondary N) is 1. The van der Waals surface area contributed by atoms with Crippen LogP contribution in [0.4, 0.5) is 0 Å². The van der Waals surface area contributed by atoms with Gasteiger partial charge in [0.25, 0.3) is 0 Å². The SMILES string of the molecule is Cc1ccc(-n2c(CCc3ccccc3)nnc2SCC(=O)NCC(C)C)cc1C. The number of aromatic nitrogens is 3. The molecule has 0 saturated carbocycles. The Morgan fingerprint density at radius 1 is 1.03 bits per heavy atom. The first-order chi connectivity index (χ1) is 14.4. The first-order valence-corrected chi connectivity index (χ1v) is 11.4. The molecule has 0 aliphatic heterocycles. The number of amides is 1. The number of carbonyl (C=O) groups is 1. The van der Waals surface area contributed by atoms with Gasteiger partial charge < -0.3 is 5.32 Å². The second kappa shape index (κ2) is 10.4. The molecule has 0 saturated heterocycles. The molecule has 0 spiro atoms. The van der Waals surface area contributed by atoms with E-state index in [-0.39, 0.29) is 5.91 Å². The third kappa shape index (κ3) is 5.95. The van der Waals surface area contributed by atoms with Crippen LogP contribution >= 0.6 is 11.8 Å². The molecule has 5 nitrogen and oxygen atoms in total. The number of carbonyl (C=O) groups excluding carboxylic acids is 1. The molecule has 3 aromatic rings. The van der Waals surface area contributed by atoms with E-state index in [1.807, 2.05) is 6.07 Å². The summed E-state index contributed by atoms with van der Waals surface area (Å²) in [6.45, 7) is 9.08. The van der Waals surface area contributed by atoms with Crippen molar-refractivity contribution in [3.8, 4) is 5.69 Å². The van der Waals surface area contributed by atoms with Crippen molar-refractivity contribution in [2.24, 2.45) is 5.92 Å². The van der Waals surface area contributed by atoms with E-state index in [1.54, 1.807) is 0 Å². The molecule has 1 amide bonds. The molecule has 6 heteroatoms. The standard InChI is InChI=1S/C24H30N4OS/c1-17(2)15-25-23(29)16-30-24-27-26-22(13-11-20-8-6-5-7-9-20)28(24)21-12-10-18(3)19(4)14-21/h5-10,12,14,17H,11,13,15-16H2,1-4H3,(H,25,29). The summed E-state index contributed by atoms with van der Waals surface area (Å²) in [5.74, 6) is 1.69. The summed E-state index contributed by atoms with van der Waals surface area (Å²) in [4.78, 5) is 12.2. The molecule has 1 aromatic heterocycles. The van der Waals surface area contributed by atoms with Crippen molar-refractivity contribution >= 4 is 17.7 Å². The average molecular weight is 423 g/mol. The molecule has 0 fully saturated rings. The van der Waals surface area contributed by atoms with Crippen LogP contribution in [0.2, 0.25) is 0 Å². The highest BCUT2D eigenvalue weighted by Gasteiger charge is 2.16. The van der Waals surface area contributed by atoms with E-state index in [4.69, 9.17) is 0 Å². The highest BCUT2D eigenvalue weighted by atomic mass is 32.2. The van der Waals surface area contributed by atoms with Crippen molar-refractivity contribution in [2.45, 2.75) is 45.7 Å². The number of thioether (sulfide) groups is 1. The predicted octanol–water partition coefficient (Wildman–Crippen LogP) is 4.53. The number of nitrogens with zero attached hydrogens (tertiary/aromatic N) is 3. The van der Waals surface area contributed by atoms with E-state index in [1.165, 1.54) is 28.5 Å². The van der Waals surface area contributed by atoms with Crippen LogP contribution in [0.3, 0.4) is 0 Å². The minimum atomic E-state index is 0.0224. The van der Waals surface area contributed by atoms with Crippen LogP contribution in [0.25, 0.3) is 5.69 Å². The monoisotopic (exact) mass is 422 g/mol. The van der Waals surface area contributed by atoms with Crippen LogP contribution in [0.15, 0.2) is 53.7 Å². The van der Waals surface area contributed by atoms with Gasteiger partial charge in [-0.2, -0.15) is 0 Å². The molecule has 0 atom stereocenters. The molecule has 0 aliphatic rings. The third-order valence-corrected chi connectivity index (χ3v) is 5.90. The first-order valence-electron chi connectivity index (χ1n) is 10.4. The lowest BCUT2D eigenvalue weighted by Crippen LogP contribution is -2.28. The Bertz CT molecular complexity index is 982. The number of hydrogen-bond donors (Lipinski definition) is 1. The molecule has 0 aliphatic carbocycles. The smallest absolute Gasteiger partial charge is 0.230 e. The van der Waals surface area contributed by atoms with Gasteiger partial charge in [0.1, 0.15) is 5.82 Å². The van der Waals surface area contributed by atoms with Gasteiger partial charge in [-0.3, -0.25) is 9.36 Å².